The number of hydrogen-bond acceptors (Lipinski definition) is 3. The zero-order chi connectivity index (χ0) is 12.8. The summed E-state index contributed by atoms with van der Waals surface area (Å²) in [7, 11) is 0. The first kappa shape index (κ1) is 13.5. The van der Waals surface area contributed by atoms with E-state index in [1.54, 1.807) is 12.1 Å². The van der Waals surface area contributed by atoms with E-state index in [2.05, 4.69) is 6.58 Å². The molecule has 0 unspecified atom stereocenters. The van der Waals surface area contributed by atoms with Crippen LogP contribution >= 0.6 is 11.6 Å². The van der Waals surface area contributed by atoms with Crippen molar-refractivity contribution >= 4 is 23.3 Å². The van der Waals surface area contributed by atoms with Crippen LogP contribution in [0.25, 0.3) is 0 Å². The van der Waals surface area contributed by atoms with Gasteiger partial charge < -0.3 is 15.1 Å². The van der Waals surface area contributed by atoms with Gasteiger partial charge in [-0.1, -0.05) is 17.7 Å². The lowest BCUT2D eigenvalue weighted by atomic mass is 10.2. The molecule has 0 aliphatic carbocycles. The number of nitrogens with zero attached hydrogens (tertiary/aromatic N) is 1. The molecular weight excluding hydrogens is 242 g/mol. The smallest absolute Gasteiger partial charge is 0.335 e. The maximum absolute atomic E-state index is 10.8. The number of carbonyl (C=O) groups is 1. The first-order valence-corrected chi connectivity index (χ1v) is 5.47. The normalized spacial score (nSPS) is 10.0. The van der Waals surface area contributed by atoms with Crippen LogP contribution in [0.3, 0.4) is 0 Å². The molecule has 4 nitrogen and oxygen atoms in total. The van der Waals surface area contributed by atoms with Gasteiger partial charge in [0, 0.05) is 13.1 Å². The fraction of sp³-hybridized carbons (Fsp3) is 0.250. The summed E-state index contributed by atoms with van der Waals surface area (Å²) in [5.74, 6) is -1.02. The van der Waals surface area contributed by atoms with Crippen molar-refractivity contribution in [3.05, 3.63) is 41.4 Å². The summed E-state index contributed by atoms with van der Waals surface area (Å²) >= 11 is 6.02. The van der Waals surface area contributed by atoms with E-state index in [-0.39, 0.29) is 12.2 Å². The Kier molecular flexibility index (Phi) is 5.00. The number of hydrogen-bond donors (Lipinski definition) is 2. The van der Waals surface area contributed by atoms with E-state index < -0.39 is 5.97 Å². The van der Waals surface area contributed by atoms with E-state index in [1.807, 2.05) is 4.90 Å². The van der Waals surface area contributed by atoms with Crippen molar-refractivity contribution < 1.29 is 15.0 Å². The predicted molar refractivity (Wildman–Crippen MR) is 67.9 cm³/mol. The maximum atomic E-state index is 10.8. The Morgan fingerprint density at radius 1 is 1.53 bits per heavy atom. The molecule has 0 saturated carbocycles. The lowest BCUT2D eigenvalue weighted by Gasteiger charge is -2.23. The highest BCUT2D eigenvalue weighted by Gasteiger charge is 2.11. The quantitative estimate of drug-likeness (QED) is 0.764. The molecule has 1 rings (SSSR count). The molecule has 1 aromatic rings. The fourth-order valence-corrected chi connectivity index (χ4v) is 1.78. The van der Waals surface area contributed by atoms with E-state index >= 15 is 0 Å². The third-order valence-corrected chi connectivity index (χ3v) is 2.56. The second-order valence-corrected chi connectivity index (χ2v) is 3.84. The molecule has 0 aliphatic rings. The van der Waals surface area contributed by atoms with Crippen molar-refractivity contribution in [1.29, 1.82) is 0 Å². The van der Waals surface area contributed by atoms with Gasteiger partial charge in [0.15, 0.2) is 0 Å². The van der Waals surface area contributed by atoms with Crippen molar-refractivity contribution in [3.8, 4) is 0 Å². The van der Waals surface area contributed by atoms with Gasteiger partial charge in [-0.15, -0.1) is 6.58 Å². The largest absolute Gasteiger partial charge is 0.478 e. The molecular formula is C12H14ClNO3. The van der Waals surface area contributed by atoms with E-state index in [4.69, 9.17) is 21.8 Å². The van der Waals surface area contributed by atoms with Gasteiger partial charge in [-0.25, -0.2) is 4.79 Å². The van der Waals surface area contributed by atoms with Gasteiger partial charge in [0.2, 0.25) is 0 Å². The minimum Gasteiger partial charge on any atom is -0.478 e. The number of carboxylic acid groups (broad SMARTS) is 1. The maximum Gasteiger partial charge on any atom is 0.335 e. The van der Waals surface area contributed by atoms with Crippen LogP contribution in [0.5, 0.6) is 0 Å². The summed E-state index contributed by atoms with van der Waals surface area (Å²) < 4.78 is 0. The second kappa shape index (κ2) is 6.27. The summed E-state index contributed by atoms with van der Waals surface area (Å²) in [5, 5.41) is 18.1. The van der Waals surface area contributed by atoms with Gasteiger partial charge >= 0.3 is 5.97 Å². The fourth-order valence-electron chi connectivity index (χ4n) is 1.48. The zero-order valence-corrected chi connectivity index (χ0v) is 10.0. The average Bonchev–Trinajstić information content (AvgIpc) is 2.28. The number of anilines is 1. The molecule has 0 radical (unpaired) electrons. The topological polar surface area (TPSA) is 60.8 Å². The first-order chi connectivity index (χ1) is 8.10. The molecule has 0 aromatic heterocycles. The molecule has 17 heavy (non-hydrogen) atoms. The van der Waals surface area contributed by atoms with Gasteiger partial charge in [-0.3, -0.25) is 0 Å². The number of aromatic carboxylic acids is 1. The number of aliphatic hydroxyl groups excluding tert-OH is 1. The van der Waals surface area contributed by atoms with E-state index in [9.17, 15) is 4.79 Å². The lowest BCUT2D eigenvalue weighted by molar-refractivity contribution is 0.0697. The van der Waals surface area contributed by atoms with Crippen molar-refractivity contribution in [2.24, 2.45) is 0 Å². The van der Waals surface area contributed by atoms with Gasteiger partial charge in [-0.05, 0) is 18.2 Å². The van der Waals surface area contributed by atoms with Crippen molar-refractivity contribution in [2.75, 3.05) is 24.6 Å². The number of carboxylic acids is 1. The minimum absolute atomic E-state index is 0.00908. The molecule has 0 saturated heterocycles. The summed E-state index contributed by atoms with van der Waals surface area (Å²) in [5.41, 5.74) is 0.826. The lowest BCUT2D eigenvalue weighted by Crippen LogP contribution is -2.27. The third-order valence-electron chi connectivity index (χ3n) is 2.25. The molecule has 0 heterocycles. The molecule has 5 heteroatoms. The second-order valence-electron chi connectivity index (χ2n) is 3.43. The van der Waals surface area contributed by atoms with E-state index in [1.165, 1.54) is 12.1 Å². The Morgan fingerprint density at radius 2 is 2.24 bits per heavy atom. The molecule has 0 aliphatic heterocycles. The van der Waals surface area contributed by atoms with Crippen LogP contribution in [-0.4, -0.2) is 35.9 Å². The van der Waals surface area contributed by atoms with E-state index in [0.717, 1.165) is 0 Å². The molecule has 0 spiro atoms. The van der Waals surface area contributed by atoms with Gasteiger partial charge in [-0.2, -0.15) is 0 Å². The standard InChI is InChI=1S/C12H14ClNO3/c1-2-5-14(6-7-15)11-4-3-9(12(16)17)8-10(11)13/h2-4,8,15H,1,5-7H2,(H,16,17). The van der Waals surface area contributed by atoms with Crippen LogP contribution in [-0.2, 0) is 0 Å². The SMILES string of the molecule is C=CCN(CCO)c1ccc(C(=O)O)cc1Cl. The molecule has 1 aromatic carbocycles. The molecule has 2 N–H and O–H groups in total. The van der Waals surface area contributed by atoms with Gasteiger partial charge in [0.1, 0.15) is 0 Å². The Bertz CT molecular complexity index is 420. The van der Waals surface area contributed by atoms with Gasteiger partial charge in [0.25, 0.3) is 0 Å². The molecule has 0 atom stereocenters. The number of rotatable bonds is 6. The van der Waals surface area contributed by atoms with Crippen LogP contribution in [0.15, 0.2) is 30.9 Å². The average molecular weight is 256 g/mol. The minimum atomic E-state index is -1.02. The Labute approximate surface area is 105 Å². The molecule has 0 amide bonds. The molecule has 0 bridgehead atoms. The summed E-state index contributed by atoms with van der Waals surface area (Å²) in [6, 6.07) is 4.51. The monoisotopic (exact) mass is 255 g/mol. The van der Waals surface area contributed by atoms with Crippen molar-refractivity contribution in [1.82, 2.24) is 0 Å². The van der Waals surface area contributed by atoms with Crippen LogP contribution < -0.4 is 4.90 Å². The Hall–Kier alpha value is -1.52. The van der Waals surface area contributed by atoms with Crippen LogP contribution in [0.2, 0.25) is 5.02 Å². The Morgan fingerprint density at radius 3 is 2.71 bits per heavy atom. The number of aliphatic hydroxyl groups is 1. The highest BCUT2D eigenvalue weighted by molar-refractivity contribution is 6.33. The van der Waals surface area contributed by atoms with E-state index in [0.29, 0.717) is 23.8 Å². The first-order valence-electron chi connectivity index (χ1n) is 5.09. The third kappa shape index (κ3) is 3.47. The summed E-state index contributed by atoms with van der Waals surface area (Å²) in [6.07, 6.45) is 1.69. The van der Waals surface area contributed by atoms with Crippen LogP contribution in [0, 0.1) is 0 Å². The predicted octanol–water partition coefficient (Wildman–Crippen LogP) is 2.02. The molecule has 92 valence electrons. The van der Waals surface area contributed by atoms with Crippen molar-refractivity contribution in [2.45, 2.75) is 0 Å². The van der Waals surface area contributed by atoms with Crippen LogP contribution in [0.1, 0.15) is 10.4 Å². The number of benzene rings is 1. The zero-order valence-electron chi connectivity index (χ0n) is 9.27. The van der Waals surface area contributed by atoms with Crippen LogP contribution in [0.4, 0.5) is 5.69 Å². The summed E-state index contributed by atoms with van der Waals surface area (Å²) in [6.45, 7) is 4.56. The highest BCUT2D eigenvalue weighted by Crippen LogP contribution is 2.26. The molecule has 0 fully saturated rings. The summed E-state index contributed by atoms with van der Waals surface area (Å²) in [4.78, 5) is 12.6. The highest BCUT2D eigenvalue weighted by atomic mass is 35.5. The van der Waals surface area contributed by atoms with Gasteiger partial charge in [0.05, 0.1) is 22.9 Å². The number of halogens is 1. The Balaban J connectivity index is 3.03. The van der Waals surface area contributed by atoms with Crippen molar-refractivity contribution in [3.63, 3.8) is 0 Å².